The monoisotopic (exact) mass is 247 g/mol. The van der Waals surface area contributed by atoms with E-state index in [2.05, 4.69) is 36.3 Å². The van der Waals surface area contributed by atoms with E-state index in [4.69, 9.17) is 5.73 Å². The lowest BCUT2D eigenvalue weighted by atomic mass is 10.1. The van der Waals surface area contributed by atoms with Crippen molar-refractivity contribution in [3.63, 3.8) is 0 Å². The average molecular weight is 247 g/mol. The molecule has 0 spiro atoms. The molecule has 2 N–H and O–H groups in total. The molecule has 90 valence electrons. The first-order chi connectivity index (χ1) is 8.19. The van der Waals surface area contributed by atoms with E-state index in [0.717, 1.165) is 4.90 Å². The second-order valence-corrected chi connectivity index (χ2v) is 5.38. The predicted octanol–water partition coefficient (Wildman–Crippen LogP) is 2.52. The van der Waals surface area contributed by atoms with Gasteiger partial charge in [-0.3, -0.25) is 4.68 Å². The Hall–Kier alpha value is -1.26. The van der Waals surface area contributed by atoms with Crippen LogP contribution in [0.4, 0.5) is 0 Å². The van der Waals surface area contributed by atoms with Crippen LogP contribution in [0, 0.1) is 6.92 Å². The molecule has 1 unspecified atom stereocenters. The Labute approximate surface area is 106 Å². The fourth-order valence-corrected chi connectivity index (χ4v) is 2.70. The number of hydrogen-bond acceptors (Lipinski definition) is 3. The van der Waals surface area contributed by atoms with Crippen LogP contribution in [0.2, 0.25) is 0 Å². The average Bonchev–Trinajstić information content (AvgIpc) is 2.73. The van der Waals surface area contributed by atoms with Crippen molar-refractivity contribution < 1.29 is 0 Å². The maximum atomic E-state index is 5.85. The standard InChI is InChI=1S/C13H17N3S/c1-10-3-5-11(6-4-10)13(7-14)17-12-8-15-16(2)9-12/h3-6,8-9,13H,7,14H2,1-2H3. The molecule has 1 heterocycles. The van der Waals surface area contributed by atoms with Crippen LogP contribution in [0.5, 0.6) is 0 Å². The highest BCUT2D eigenvalue weighted by molar-refractivity contribution is 7.99. The normalized spacial score (nSPS) is 12.6. The first-order valence-electron chi connectivity index (χ1n) is 5.61. The predicted molar refractivity (Wildman–Crippen MR) is 72.0 cm³/mol. The van der Waals surface area contributed by atoms with Crippen molar-refractivity contribution in [2.45, 2.75) is 17.1 Å². The molecule has 0 aliphatic rings. The number of rotatable bonds is 4. The van der Waals surface area contributed by atoms with Crippen molar-refractivity contribution in [2.75, 3.05) is 6.54 Å². The van der Waals surface area contributed by atoms with Gasteiger partial charge < -0.3 is 5.73 Å². The fourth-order valence-electron chi connectivity index (χ4n) is 1.66. The van der Waals surface area contributed by atoms with E-state index in [-0.39, 0.29) is 0 Å². The van der Waals surface area contributed by atoms with Crippen LogP contribution in [0.3, 0.4) is 0 Å². The van der Waals surface area contributed by atoms with Crippen LogP contribution in [-0.2, 0) is 7.05 Å². The second kappa shape index (κ2) is 5.38. The van der Waals surface area contributed by atoms with E-state index in [1.165, 1.54) is 11.1 Å². The van der Waals surface area contributed by atoms with Crippen molar-refractivity contribution in [1.82, 2.24) is 9.78 Å². The fraction of sp³-hybridized carbons (Fsp3) is 0.308. The summed E-state index contributed by atoms with van der Waals surface area (Å²) in [6.45, 7) is 2.72. The number of thioether (sulfide) groups is 1. The Morgan fingerprint density at radius 3 is 2.59 bits per heavy atom. The van der Waals surface area contributed by atoms with Crippen molar-refractivity contribution >= 4 is 11.8 Å². The summed E-state index contributed by atoms with van der Waals surface area (Å²) in [6.07, 6.45) is 3.89. The molecule has 0 aliphatic heterocycles. The number of nitrogens with zero attached hydrogens (tertiary/aromatic N) is 2. The minimum atomic E-state index is 0.291. The molecular weight excluding hydrogens is 230 g/mol. The van der Waals surface area contributed by atoms with Gasteiger partial charge in [0.25, 0.3) is 0 Å². The molecule has 17 heavy (non-hydrogen) atoms. The molecule has 3 nitrogen and oxygen atoms in total. The van der Waals surface area contributed by atoms with Crippen molar-refractivity contribution in [2.24, 2.45) is 12.8 Å². The number of aryl methyl sites for hydroxylation is 2. The summed E-state index contributed by atoms with van der Waals surface area (Å²) in [5.74, 6) is 0. The van der Waals surface area contributed by atoms with Crippen molar-refractivity contribution in [3.05, 3.63) is 47.8 Å². The molecule has 0 saturated heterocycles. The van der Waals surface area contributed by atoms with Crippen LogP contribution in [0.15, 0.2) is 41.6 Å². The van der Waals surface area contributed by atoms with Crippen LogP contribution < -0.4 is 5.73 Å². The van der Waals surface area contributed by atoms with Crippen LogP contribution in [-0.4, -0.2) is 16.3 Å². The maximum absolute atomic E-state index is 5.85. The lowest BCUT2D eigenvalue weighted by molar-refractivity contribution is 0.766. The largest absolute Gasteiger partial charge is 0.329 e. The number of benzene rings is 1. The van der Waals surface area contributed by atoms with Gasteiger partial charge in [-0.05, 0) is 12.5 Å². The second-order valence-electron chi connectivity index (χ2n) is 4.10. The van der Waals surface area contributed by atoms with E-state index in [1.807, 2.05) is 24.1 Å². The molecule has 1 aromatic carbocycles. The van der Waals surface area contributed by atoms with E-state index in [9.17, 15) is 0 Å². The number of nitrogens with two attached hydrogens (primary N) is 1. The molecule has 1 atom stereocenters. The summed E-state index contributed by atoms with van der Waals surface area (Å²) in [6, 6.07) is 8.55. The van der Waals surface area contributed by atoms with Crippen LogP contribution in [0.1, 0.15) is 16.4 Å². The van der Waals surface area contributed by atoms with Gasteiger partial charge in [-0.25, -0.2) is 0 Å². The van der Waals surface area contributed by atoms with Gasteiger partial charge in [-0.15, -0.1) is 11.8 Å². The Kier molecular flexibility index (Phi) is 3.86. The maximum Gasteiger partial charge on any atom is 0.0626 e. The molecule has 1 aromatic heterocycles. The van der Waals surface area contributed by atoms with E-state index in [1.54, 1.807) is 11.8 Å². The lowest BCUT2D eigenvalue weighted by Gasteiger charge is -2.13. The smallest absolute Gasteiger partial charge is 0.0626 e. The summed E-state index contributed by atoms with van der Waals surface area (Å²) in [7, 11) is 1.92. The first kappa shape index (κ1) is 12.2. The van der Waals surface area contributed by atoms with Gasteiger partial charge in [-0.1, -0.05) is 29.8 Å². The SMILES string of the molecule is Cc1ccc(C(CN)Sc2cnn(C)c2)cc1. The summed E-state index contributed by atoms with van der Waals surface area (Å²) >= 11 is 1.76. The third-order valence-corrected chi connectivity index (χ3v) is 3.85. The van der Waals surface area contributed by atoms with Crippen molar-refractivity contribution in [3.8, 4) is 0 Å². The van der Waals surface area contributed by atoms with Gasteiger partial charge in [0, 0.05) is 29.9 Å². The molecule has 0 fully saturated rings. The summed E-state index contributed by atoms with van der Waals surface area (Å²) in [4.78, 5) is 1.16. The summed E-state index contributed by atoms with van der Waals surface area (Å²) in [5.41, 5.74) is 8.39. The minimum absolute atomic E-state index is 0.291. The van der Waals surface area contributed by atoms with Gasteiger partial charge in [-0.2, -0.15) is 5.10 Å². The molecule has 0 saturated carbocycles. The van der Waals surface area contributed by atoms with Crippen LogP contribution >= 0.6 is 11.8 Å². The zero-order chi connectivity index (χ0) is 12.3. The van der Waals surface area contributed by atoms with Gasteiger partial charge in [0.05, 0.1) is 6.20 Å². The van der Waals surface area contributed by atoms with E-state index in [0.29, 0.717) is 11.8 Å². The van der Waals surface area contributed by atoms with Gasteiger partial charge >= 0.3 is 0 Å². The summed E-state index contributed by atoms with van der Waals surface area (Å²) < 4.78 is 1.81. The zero-order valence-electron chi connectivity index (χ0n) is 10.1. The van der Waals surface area contributed by atoms with Gasteiger partial charge in [0.1, 0.15) is 0 Å². The molecule has 2 aromatic rings. The lowest BCUT2D eigenvalue weighted by Crippen LogP contribution is -2.09. The quantitative estimate of drug-likeness (QED) is 0.844. The highest BCUT2D eigenvalue weighted by atomic mass is 32.2. The van der Waals surface area contributed by atoms with E-state index < -0.39 is 0 Å². The third-order valence-electron chi connectivity index (χ3n) is 2.62. The molecule has 4 heteroatoms. The highest BCUT2D eigenvalue weighted by Crippen LogP contribution is 2.33. The zero-order valence-corrected chi connectivity index (χ0v) is 10.9. The molecular formula is C13H17N3S. The molecule has 0 aliphatic carbocycles. The topological polar surface area (TPSA) is 43.8 Å². The van der Waals surface area contributed by atoms with Crippen molar-refractivity contribution in [1.29, 1.82) is 0 Å². The molecule has 0 amide bonds. The van der Waals surface area contributed by atoms with Gasteiger partial charge in [0.15, 0.2) is 0 Å². The third kappa shape index (κ3) is 3.11. The first-order valence-corrected chi connectivity index (χ1v) is 6.49. The molecule has 0 bridgehead atoms. The number of hydrogen-bond donors (Lipinski definition) is 1. The Bertz CT molecular complexity index is 476. The Morgan fingerprint density at radius 2 is 2.06 bits per heavy atom. The van der Waals surface area contributed by atoms with Gasteiger partial charge in [0.2, 0.25) is 0 Å². The van der Waals surface area contributed by atoms with E-state index >= 15 is 0 Å². The highest BCUT2D eigenvalue weighted by Gasteiger charge is 2.12. The Balaban J connectivity index is 2.13. The molecule has 0 radical (unpaired) electrons. The molecule has 2 rings (SSSR count). The number of aromatic nitrogens is 2. The summed E-state index contributed by atoms with van der Waals surface area (Å²) in [5, 5.41) is 4.46. The van der Waals surface area contributed by atoms with Crippen LogP contribution in [0.25, 0.3) is 0 Å². The Morgan fingerprint density at radius 1 is 1.35 bits per heavy atom. The minimum Gasteiger partial charge on any atom is -0.329 e.